The van der Waals surface area contributed by atoms with Gasteiger partial charge in [-0.1, -0.05) is 0 Å². The van der Waals surface area contributed by atoms with Gasteiger partial charge in [0.1, 0.15) is 0 Å². The number of rotatable bonds is 3. The number of hydrogen-bond donors (Lipinski definition) is 1. The lowest BCUT2D eigenvalue weighted by molar-refractivity contribution is -0.162. The number of hydrogen-bond acceptors (Lipinski definition) is 3. The summed E-state index contributed by atoms with van der Waals surface area (Å²) in [6.07, 6.45) is 3.13. The van der Waals surface area contributed by atoms with Crippen LogP contribution in [0.5, 0.6) is 0 Å². The van der Waals surface area contributed by atoms with Gasteiger partial charge in [-0.05, 0) is 45.7 Å². The van der Waals surface area contributed by atoms with Gasteiger partial charge in [0.05, 0.1) is 0 Å². The monoisotopic (exact) mass is 265 g/mol. The average molecular weight is 265 g/mol. The number of nitrogens with one attached hydrogen (secondary N) is 1. The van der Waals surface area contributed by atoms with E-state index in [1.165, 1.54) is 25.9 Å². The molecule has 3 aliphatic rings. The quantitative estimate of drug-likeness (QED) is 0.824. The lowest BCUT2D eigenvalue weighted by Gasteiger charge is -2.61. The second-order valence-electron chi connectivity index (χ2n) is 7.15. The third-order valence-corrected chi connectivity index (χ3v) is 5.13. The molecule has 0 aromatic rings. The Balaban J connectivity index is 1.40. The van der Waals surface area contributed by atoms with Crippen LogP contribution in [0.15, 0.2) is 0 Å². The highest BCUT2D eigenvalue weighted by Crippen LogP contribution is 2.41. The molecule has 0 bridgehead atoms. The van der Waals surface area contributed by atoms with Crippen LogP contribution in [0.3, 0.4) is 0 Å². The molecule has 4 heteroatoms. The van der Waals surface area contributed by atoms with Crippen LogP contribution < -0.4 is 5.32 Å². The Kier molecular flexibility index (Phi) is 3.56. The van der Waals surface area contributed by atoms with Crippen LogP contribution >= 0.6 is 0 Å². The average Bonchev–Trinajstić information content (AvgIpc) is 2.26. The van der Waals surface area contributed by atoms with Crippen LogP contribution in [0.1, 0.15) is 33.1 Å². The molecule has 3 rings (SSSR count). The van der Waals surface area contributed by atoms with Gasteiger partial charge in [0.25, 0.3) is 0 Å². The Morgan fingerprint density at radius 3 is 2.42 bits per heavy atom. The third-order valence-electron chi connectivity index (χ3n) is 5.13. The zero-order valence-electron chi connectivity index (χ0n) is 12.3. The molecule has 0 aromatic carbocycles. The molecule has 108 valence electrons. The van der Waals surface area contributed by atoms with Crippen LogP contribution in [-0.4, -0.2) is 61.0 Å². The number of nitrogens with zero attached hydrogens (tertiary/aromatic N) is 2. The van der Waals surface area contributed by atoms with Crippen LogP contribution in [0.4, 0.5) is 0 Å². The molecule has 1 spiro atoms. The fourth-order valence-corrected chi connectivity index (χ4v) is 3.78. The van der Waals surface area contributed by atoms with Gasteiger partial charge in [0, 0.05) is 44.1 Å². The predicted octanol–water partition coefficient (Wildman–Crippen LogP) is 0.929. The zero-order chi connectivity index (χ0) is 13.5. The van der Waals surface area contributed by atoms with Gasteiger partial charge in [0.2, 0.25) is 5.91 Å². The van der Waals surface area contributed by atoms with Crippen LogP contribution in [0.25, 0.3) is 0 Å². The number of carbonyl (C=O) groups excluding carboxylic acids is 1. The molecule has 3 saturated heterocycles. The van der Waals surface area contributed by atoms with E-state index in [-0.39, 0.29) is 0 Å². The van der Waals surface area contributed by atoms with E-state index in [1.54, 1.807) is 0 Å². The van der Waals surface area contributed by atoms with E-state index in [0.29, 0.717) is 23.3 Å². The van der Waals surface area contributed by atoms with Gasteiger partial charge in [-0.3, -0.25) is 9.69 Å². The Hall–Kier alpha value is -0.610. The number of amides is 1. The van der Waals surface area contributed by atoms with Gasteiger partial charge in [-0.25, -0.2) is 0 Å². The maximum Gasteiger partial charge on any atom is 0.222 e. The number of likely N-dealkylation sites (tertiary alicyclic amines) is 2. The van der Waals surface area contributed by atoms with Crippen molar-refractivity contribution in [1.82, 2.24) is 15.1 Å². The highest BCUT2D eigenvalue weighted by molar-refractivity contribution is 5.77. The van der Waals surface area contributed by atoms with Crippen LogP contribution in [-0.2, 0) is 4.79 Å². The first-order valence-electron chi connectivity index (χ1n) is 7.81. The van der Waals surface area contributed by atoms with Crippen molar-refractivity contribution in [2.75, 3.05) is 39.3 Å². The summed E-state index contributed by atoms with van der Waals surface area (Å²) in [6, 6.07) is 0.658. The molecule has 0 saturated carbocycles. The summed E-state index contributed by atoms with van der Waals surface area (Å²) in [6.45, 7) is 11.1. The Morgan fingerprint density at radius 2 is 1.84 bits per heavy atom. The zero-order valence-corrected chi connectivity index (χ0v) is 12.3. The molecule has 19 heavy (non-hydrogen) atoms. The van der Waals surface area contributed by atoms with E-state index in [1.807, 2.05) is 0 Å². The number of carbonyl (C=O) groups is 1. The summed E-state index contributed by atoms with van der Waals surface area (Å²) in [4.78, 5) is 16.8. The summed E-state index contributed by atoms with van der Waals surface area (Å²) in [5, 5.41) is 3.36. The second-order valence-corrected chi connectivity index (χ2v) is 7.15. The normalized spacial score (nSPS) is 27.4. The van der Waals surface area contributed by atoms with Gasteiger partial charge in [-0.15, -0.1) is 0 Å². The van der Waals surface area contributed by atoms with E-state index in [0.717, 1.165) is 32.6 Å². The van der Waals surface area contributed by atoms with Crippen molar-refractivity contribution in [1.29, 1.82) is 0 Å². The molecule has 1 N–H and O–H groups in total. The molecule has 3 fully saturated rings. The van der Waals surface area contributed by atoms with Crippen LogP contribution in [0, 0.1) is 11.3 Å². The van der Waals surface area contributed by atoms with Crippen molar-refractivity contribution >= 4 is 5.91 Å². The predicted molar refractivity (Wildman–Crippen MR) is 75.9 cm³/mol. The number of piperidine rings is 1. The minimum absolute atomic E-state index is 0.403. The van der Waals surface area contributed by atoms with E-state index in [4.69, 9.17) is 0 Å². The Morgan fingerprint density at radius 1 is 1.21 bits per heavy atom. The second kappa shape index (κ2) is 5.06. The van der Waals surface area contributed by atoms with E-state index in [2.05, 4.69) is 29.0 Å². The molecular formula is C15H27N3O. The Bertz CT molecular complexity index is 335. The lowest BCUT2D eigenvalue weighted by atomic mass is 9.72. The third kappa shape index (κ3) is 2.65. The van der Waals surface area contributed by atoms with Crippen molar-refractivity contribution in [3.05, 3.63) is 0 Å². The van der Waals surface area contributed by atoms with Crippen molar-refractivity contribution in [3.63, 3.8) is 0 Å². The van der Waals surface area contributed by atoms with Gasteiger partial charge >= 0.3 is 0 Å². The molecule has 0 radical (unpaired) electrons. The summed E-state index contributed by atoms with van der Waals surface area (Å²) >= 11 is 0. The topological polar surface area (TPSA) is 35.6 Å². The first-order valence-corrected chi connectivity index (χ1v) is 7.81. The molecule has 0 atom stereocenters. The maximum atomic E-state index is 12.2. The SMILES string of the molecule is CC(C)N1CC2(CN(C(=O)CC3CCNCC3)C2)C1. The first-order chi connectivity index (χ1) is 9.08. The van der Waals surface area contributed by atoms with Crippen molar-refractivity contribution in [2.45, 2.75) is 39.2 Å². The summed E-state index contributed by atoms with van der Waals surface area (Å²) in [5.41, 5.74) is 0.466. The van der Waals surface area contributed by atoms with Gasteiger partial charge in [0.15, 0.2) is 0 Å². The fourth-order valence-electron chi connectivity index (χ4n) is 3.78. The minimum Gasteiger partial charge on any atom is -0.341 e. The van der Waals surface area contributed by atoms with Crippen molar-refractivity contribution < 1.29 is 4.79 Å². The van der Waals surface area contributed by atoms with E-state index >= 15 is 0 Å². The minimum atomic E-state index is 0.403. The summed E-state index contributed by atoms with van der Waals surface area (Å²) in [7, 11) is 0. The maximum absolute atomic E-state index is 12.2. The summed E-state index contributed by atoms with van der Waals surface area (Å²) < 4.78 is 0. The molecular weight excluding hydrogens is 238 g/mol. The molecule has 3 heterocycles. The summed E-state index contributed by atoms with van der Waals surface area (Å²) in [5.74, 6) is 1.03. The van der Waals surface area contributed by atoms with E-state index in [9.17, 15) is 4.79 Å². The highest BCUT2D eigenvalue weighted by atomic mass is 16.2. The smallest absolute Gasteiger partial charge is 0.222 e. The van der Waals surface area contributed by atoms with Crippen molar-refractivity contribution in [3.8, 4) is 0 Å². The van der Waals surface area contributed by atoms with Gasteiger partial charge < -0.3 is 10.2 Å². The first kappa shape index (κ1) is 13.4. The largest absolute Gasteiger partial charge is 0.341 e. The van der Waals surface area contributed by atoms with E-state index < -0.39 is 0 Å². The molecule has 4 nitrogen and oxygen atoms in total. The molecule has 0 unspecified atom stereocenters. The van der Waals surface area contributed by atoms with Crippen molar-refractivity contribution in [2.24, 2.45) is 11.3 Å². The molecule has 0 aliphatic carbocycles. The van der Waals surface area contributed by atoms with Crippen LogP contribution in [0.2, 0.25) is 0 Å². The van der Waals surface area contributed by atoms with Gasteiger partial charge in [-0.2, -0.15) is 0 Å². The lowest BCUT2D eigenvalue weighted by Crippen LogP contribution is -2.73. The fraction of sp³-hybridized carbons (Fsp3) is 0.933. The molecule has 3 aliphatic heterocycles. The Labute approximate surface area is 116 Å². The standard InChI is InChI=1S/C15H27N3O/c1-12(2)17-8-15(9-17)10-18(11-15)14(19)7-13-3-5-16-6-4-13/h12-13,16H,3-11H2,1-2H3. The molecule has 1 amide bonds. The highest BCUT2D eigenvalue weighted by Gasteiger charge is 2.53. The molecule has 0 aromatic heterocycles.